The van der Waals surface area contributed by atoms with Crippen molar-refractivity contribution < 1.29 is 14.4 Å². The molecule has 0 bridgehead atoms. The molecule has 1 heterocycles. The van der Waals surface area contributed by atoms with E-state index in [0.29, 0.717) is 15.9 Å². The van der Waals surface area contributed by atoms with Gasteiger partial charge in [-0.15, -0.1) is 0 Å². The quantitative estimate of drug-likeness (QED) is 0.760. The molecule has 1 N–H and O–H groups in total. The first-order valence-electron chi connectivity index (χ1n) is 6.48. The van der Waals surface area contributed by atoms with Gasteiger partial charge >= 0.3 is 5.97 Å². The number of carboxylic acid groups (broad SMARTS) is 1. The lowest BCUT2D eigenvalue weighted by atomic mass is 10.1. The van der Waals surface area contributed by atoms with Gasteiger partial charge in [-0.25, -0.2) is 4.79 Å². The number of hydrogen-bond donors (Lipinski definition) is 1. The lowest BCUT2D eigenvalue weighted by Gasteiger charge is -1.99. The van der Waals surface area contributed by atoms with Gasteiger partial charge in [0.1, 0.15) is 0 Å². The van der Waals surface area contributed by atoms with E-state index in [2.05, 4.69) is 26.1 Å². The summed E-state index contributed by atoms with van der Waals surface area (Å²) in [6, 6.07) is 12.5. The van der Waals surface area contributed by atoms with E-state index in [9.17, 15) is 4.79 Å². The highest BCUT2D eigenvalue weighted by molar-refractivity contribution is 9.10. The van der Waals surface area contributed by atoms with Gasteiger partial charge in [0, 0.05) is 15.6 Å². The number of carbonyl (C=O) groups is 1. The fourth-order valence-corrected chi connectivity index (χ4v) is 2.49. The number of nitrogens with zero attached hydrogens (tertiary/aromatic N) is 2. The number of halogens is 1. The molecular weight excluding hydrogens is 348 g/mol. The Hall–Kier alpha value is -2.47. The molecule has 0 spiro atoms. The van der Waals surface area contributed by atoms with E-state index in [1.807, 2.05) is 31.2 Å². The van der Waals surface area contributed by atoms with Gasteiger partial charge in [0.05, 0.1) is 5.56 Å². The zero-order valence-electron chi connectivity index (χ0n) is 11.6. The number of aromatic nitrogens is 2. The SMILES string of the molecule is Cc1ccc(-c2noc(-c3cc(Br)cc(C(=O)O)c3)n2)cc1. The average molecular weight is 359 g/mol. The summed E-state index contributed by atoms with van der Waals surface area (Å²) in [5.41, 5.74) is 2.69. The molecule has 0 amide bonds. The van der Waals surface area contributed by atoms with Crippen molar-refractivity contribution in [3.05, 3.63) is 58.1 Å². The van der Waals surface area contributed by atoms with Gasteiger partial charge in [-0.3, -0.25) is 0 Å². The first-order valence-corrected chi connectivity index (χ1v) is 7.27. The minimum absolute atomic E-state index is 0.152. The van der Waals surface area contributed by atoms with Crippen LogP contribution in [0.2, 0.25) is 0 Å². The Bertz CT molecular complexity index is 841. The van der Waals surface area contributed by atoms with Gasteiger partial charge < -0.3 is 9.63 Å². The summed E-state index contributed by atoms with van der Waals surface area (Å²) in [5, 5.41) is 13.1. The largest absolute Gasteiger partial charge is 0.478 e. The molecule has 0 atom stereocenters. The second kappa shape index (κ2) is 5.73. The van der Waals surface area contributed by atoms with Crippen LogP contribution in [0.4, 0.5) is 0 Å². The lowest BCUT2D eigenvalue weighted by molar-refractivity contribution is 0.0697. The molecule has 22 heavy (non-hydrogen) atoms. The first kappa shape index (κ1) is 14.5. The van der Waals surface area contributed by atoms with Crippen LogP contribution < -0.4 is 0 Å². The highest BCUT2D eigenvalue weighted by Gasteiger charge is 2.14. The third kappa shape index (κ3) is 2.92. The summed E-state index contributed by atoms with van der Waals surface area (Å²) in [7, 11) is 0. The minimum Gasteiger partial charge on any atom is -0.478 e. The van der Waals surface area contributed by atoms with Crippen molar-refractivity contribution >= 4 is 21.9 Å². The monoisotopic (exact) mass is 358 g/mol. The van der Waals surface area contributed by atoms with Gasteiger partial charge in [-0.2, -0.15) is 4.98 Å². The molecule has 0 aliphatic carbocycles. The summed E-state index contributed by atoms with van der Waals surface area (Å²) in [6.45, 7) is 2.00. The summed E-state index contributed by atoms with van der Waals surface area (Å²) in [6.07, 6.45) is 0. The number of hydrogen-bond acceptors (Lipinski definition) is 4. The van der Waals surface area contributed by atoms with Gasteiger partial charge in [0.25, 0.3) is 5.89 Å². The van der Waals surface area contributed by atoms with Crippen LogP contribution in [0, 0.1) is 6.92 Å². The first-order chi connectivity index (χ1) is 10.5. The predicted molar refractivity (Wildman–Crippen MR) is 84.6 cm³/mol. The van der Waals surface area contributed by atoms with E-state index in [1.54, 1.807) is 6.07 Å². The van der Waals surface area contributed by atoms with Crippen LogP contribution in [0.15, 0.2) is 51.5 Å². The van der Waals surface area contributed by atoms with Crippen molar-refractivity contribution in [3.63, 3.8) is 0 Å². The van der Waals surface area contributed by atoms with Crippen LogP contribution in [0.25, 0.3) is 22.8 Å². The van der Waals surface area contributed by atoms with Crippen molar-refractivity contribution in [2.45, 2.75) is 6.92 Å². The van der Waals surface area contributed by atoms with Crippen molar-refractivity contribution in [3.8, 4) is 22.8 Å². The molecule has 5 nitrogen and oxygen atoms in total. The maximum atomic E-state index is 11.1. The number of aromatic carboxylic acids is 1. The predicted octanol–water partition coefficient (Wildman–Crippen LogP) is 4.17. The van der Waals surface area contributed by atoms with Crippen LogP contribution in [-0.4, -0.2) is 21.2 Å². The molecule has 3 aromatic rings. The second-order valence-corrected chi connectivity index (χ2v) is 5.74. The highest BCUT2D eigenvalue weighted by atomic mass is 79.9. The average Bonchev–Trinajstić information content (AvgIpc) is 2.97. The minimum atomic E-state index is -1.01. The molecule has 3 rings (SSSR count). The third-order valence-electron chi connectivity index (χ3n) is 3.13. The maximum Gasteiger partial charge on any atom is 0.335 e. The second-order valence-electron chi connectivity index (χ2n) is 4.82. The van der Waals surface area contributed by atoms with Crippen molar-refractivity contribution in [1.82, 2.24) is 10.1 Å². The lowest BCUT2D eigenvalue weighted by Crippen LogP contribution is -1.96. The molecule has 110 valence electrons. The van der Waals surface area contributed by atoms with Gasteiger partial charge in [0.15, 0.2) is 0 Å². The van der Waals surface area contributed by atoms with E-state index < -0.39 is 5.97 Å². The zero-order valence-corrected chi connectivity index (χ0v) is 13.2. The van der Waals surface area contributed by atoms with Gasteiger partial charge in [-0.05, 0) is 25.1 Å². The zero-order chi connectivity index (χ0) is 15.7. The van der Waals surface area contributed by atoms with Crippen LogP contribution in [0.1, 0.15) is 15.9 Å². The molecule has 0 saturated carbocycles. The van der Waals surface area contributed by atoms with Crippen LogP contribution in [0.3, 0.4) is 0 Å². The Morgan fingerprint density at radius 1 is 1.14 bits per heavy atom. The van der Waals surface area contributed by atoms with Crippen LogP contribution in [-0.2, 0) is 0 Å². The van der Waals surface area contributed by atoms with E-state index in [4.69, 9.17) is 9.63 Å². The molecule has 0 saturated heterocycles. The molecule has 1 aromatic heterocycles. The fourth-order valence-electron chi connectivity index (χ4n) is 2.00. The molecule has 6 heteroatoms. The van der Waals surface area contributed by atoms with Crippen molar-refractivity contribution in [1.29, 1.82) is 0 Å². The van der Waals surface area contributed by atoms with Gasteiger partial charge in [0.2, 0.25) is 5.82 Å². The molecular formula is C16H11BrN2O3. The summed E-state index contributed by atoms with van der Waals surface area (Å²) >= 11 is 3.29. The van der Waals surface area contributed by atoms with E-state index in [1.165, 1.54) is 12.1 Å². The number of carboxylic acids is 1. The molecule has 2 aromatic carbocycles. The summed E-state index contributed by atoms with van der Waals surface area (Å²) in [5.74, 6) is -0.271. The van der Waals surface area contributed by atoms with E-state index in [-0.39, 0.29) is 11.5 Å². The molecule has 0 unspecified atom stereocenters. The number of aryl methyl sites for hydroxylation is 1. The Labute approximate surface area is 134 Å². The highest BCUT2D eigenvalue weighted by Crippen LogP contribution is 2.26. The van der Waals surface area contributed by atoms with E-state index >= 15 is 0 Å². The molecule has 0 aliphatic rings. The number of benzene rings is 2. The van der Waals surface area contributed by atoms with Crippen molar-refractivity contribution in [2.75, 3.05) is 0 Å². The maximum absolute atomic E-state index is 11.1. The Morgan fingerprint density at radius 2 is 1.86 bits per heavy atom. The van der Waals surface area contributed by atoms with E-state index in [0.717, 1.165) is 11.1 Å². The molecule has 0 radical (unpaired) electrons. The summed E-state index contributed by atoms with van der Waals surface area (Å²) < 4.78 is 5.89. The normalized spacial score (nSPS) is 10.6. The number of rotatable bonds is 3. The Balaban J connectivity index is 2.00. The molecule has 0 fully saturated rings. The van der Waals surface area contributed by atoms with Gasteiger partial charge in [-0.1, -0.05) is 50.9 Å². The van der Waals surface area contributed by atoms with Crippen LogP contribution >= 0.6 is 15.9 Å². The Kier molecular flexibility index (Phi) is 3.77. The van der Waals surface area contributed by atoms with Crippen LogP contribution in [0.5, 0.6) is 0 Å². The molecule has 0 aliphatic heterocycles. The smallest absolute Gasteiger partial charge is 0.335 e. The standard InChI is InChI=1S/C16H11BrN2O3/c1-9-2-4-10(5-3-9)14-18-15(22-19-14)11-6-12(16(20)21)8-13(17)7-11/h2-8H,1H3,(H,20,21). The fraction of sp³-hybridized carbons (Fsp3) is 0.0625. The topological polar surface area (TPSA) is 76.2 Å². The summed E-state index contributed by atoms with van der Waals surface area (Å²) in [4.78, 5) is 15.4. The van der Waals surface area contributed by atoms with Crippen molar-refractivity contribution in [2.24, 2.45) is 0 Å². The third-order valence-corrected chi connectivity index (χ3v) is 3.59. The Morgan fingerprint density at radius 3 is 2.55 bits per heavy atom.